The third-order valence-electron chi connectivity index (χ3n) is 3.04. The van der Waals surface area contributed by atoms with Gasteiger partial charge in [0.25, 0.3) is 0 Å². The zero-order valence-electron chi connectivity index (χ0n) is 12.1. The van der Waals surface area contributed by atoms with E-state index in [2.05, 4.69) is 0 Å². The molecule has 0 bridgehead atoms. The number of hydrogen-bond donors (Lipinski definition) is 1. The molecule has 0 fully saturated rings. The van der Waals surface area contributed by atoms with Crippen LogP contribution in [-0.4, -0.2) is 19.1 Å². The van der Waals surface area contributed by atoms with Crippen molar-refractivity contribution in [3.05, 3.63) is 59.1 Å². The number of carbonyl (C=O) groups is 1. The summed E-state index contributed by atoms with van der Waals surface area (Å²) in [6, 6.07) is 14.2. The first-order valence-electron chi connectivity index (χ1n) is 7.07. The molecule has 5 heteroatoms. The lowest BCUT2D eigenvalue weighted by molar-refractivity contribution is 0.100. The highest BCUT2D eigenvalue weighted by Gasteiger charge is 2.01. The Kier molecular flexibility index (Phi) is 6.10. The van der Waals surface area contributed by atoms with Crippen LogP contribution in [0, 0.1) is 0 Å². The van der Waals surface area contributed by atoms with Gasteiger partial charge in [0.1, 0.15) is 11.5 Å². The van der Waals surface area contributed by atoms with Crippen molar-refractivity contribution in [2.45, 2.75) is 12.8 Å². The summed E-state index contributed by atoms with van der Waals surface area (Å²) in [5, 5.41) is 0.619. The minimum atomic E-state index is -0.441. The molecule has 4 nitrogen and oxygen atoms in total. The molecule has 0 heterocycles. The minimum absolute atomic E-state index is 0.441. The summed E-state index contributed by atoms with van der Waals surface area (Å²) < 4.78 is 11.2. The fourth-order valence-electron chi connectivity index (χ4n) is 1.85. The maximum absolute atomic E-state index is 10.9. The fourth-order valence-corrected chi connectivity index (χ4v) is 2.04. The summed E-state index contributed by atoms with van der Waals surface area (Å²) in [4.78, 5) is 10.9. The molecule has 0 atom stereocenters. The maximum Gasteiger partial charge on any atom is 0.248 e. The standard InChI is InChI=1S/C17H18ClNO3/c18-15-5-1-2-6-16(15)22-12-4-3-11-21-14-9-7-13(8-10-14)17(19)20/h1-2,5-10H,3-4,11-12H2,(H2,19,20). The van der Waals surface area contributed by atoms with Gasteiger partial charge in [-0.25, -0.2) is 0 Å². The molecule has 22 heavy (non-hydrogen) atoms. The molecule has 0 saturated carbocycles. The molecule has 0 saturated heterocycles. The predicted molar refractivity (Wildman–Crippen MR) is 86.6 cm³/mol. The van der Waals surface area contributed by atoms with Crippen molar-refractivity contribution in [3.8, 4) is 11.5 Å². The lowest BCUT2D eigenvalue weighted by atomic mass is 10.2. The van der Waals surface area contributed by atoms with Gasteiger partial charge in [0.05, 0.1) is 18.2 Å². The van der Waals surface area contributed by atoms with Gasteiger partial charge >= 0.3 is 0 Å². The van der Waals surface area contributed by atoms with Gasteiger partial charge in [-0.3, -0.25) is 4.79 Å². The number of ether oxygens (including phenoxy) is 2. The Labute approximate surface area is 134 Å². The van der Waals surface area contributed by atoms with E-state index in [1.165, 1.54) is 0 Å². The second-order valence-electron chi connectivity index (χ2n) is 4.72. The van der Waals surface area contributed by atoms with Crippen molar-refractivity contribution >= 4 is 17.5 Å². The molecular formula is C17H18ClNO3. The van der Waals surface area contributed by atoms with Crippen molar-refractivity contribution in [2.75, 3.05) is 13.2 Å². The predicted octanol–water partition coefficient (Wildman–Crippen LogP) is 3.68. The molecule has 116 valence electrons. The van der Waals surface area contributed by atoms with Gasteiger partial charge < -0.3 is 15.2 Å². The lowest BCUT2D eigenvalue weighted by Gasteiger charge is -2.09. The number of hydrogen-bond acceptors (Lipinski definition) is 3. The van der Waals surface area contributed by atoms with E-state index in [9.17, 15) is 4.79 Å². The van der Waals surface area contributed by atoms with Crippen molar-refractivity contribution in [3.63, 3.8) is 0 Å². The Morgan fingerprint density at radius 3 is 2.23 bits per heavy atom. The quantitative estimate of drug-likeness (QED) is 0.755. The largest absolute Gasteiger partial charge is 0.494 e. The fraction of sp³-hybridized carbons (Fsp3) is 0.235. The van der Waals surface area contributed by atoms with Crippen molar-refractivity contribution < 1.29 is 14.3 Å². The first-order valence-corrected chi connectivity index (χ1v) is 7.44. The molecule has 0 radical (unpaired) electrons. The Balaban J connectivity index is 1.63. The number of rotatable bonds is 8. The lowest BCUT2D eigenvalue weighted by Crippen LogP contribution is -2.10. The van der Waals surface area contributed by atoms with Crippen LogP contribution >= 0.6 is 11.6 Å². The van der Waals surface area contributed by atoms with E-state index >= 15 is 0 Å². The number of unbranched alkanes of at least 4 members (excludes halogenated alkanes) is 1. The number of carbonyl (C=O) groups excluding carboxylic acids is 1. The number of amides is 1. The number of halogens is 1. The van der Waals surface area contributed by atoms with Gasteiger partial charge in [0.2, 0.25) is 5.91 Å². The second-order valence-corrected chi connectivity index (χ2v) is 5.13. The average Bonchev–Trinajstić information content (AvgIpc) is 2.53. The molecule has 2 rings (SSSR count). The maximum atomic E-state index is 10.9. The van der Waals surface area contributed by atoms with Gasteiger partial charge in [0, 0.05) is 5.56 Å². The third-order valence-corrected chi connectivity index (χ3v) is 3.35. The van der Waals surface area contributed by atoms with E-state index in [1.54, 1.807) is 30.3 Å². The third kappa shape index (κ3) is 4.97. The highest BCUT2D eigenvalue weighted by molar-refractivity contribution is 6.32. The Morgan fingerprint density at radius 1 is 0.955 bits per heavy atom. The summed E-state index contributed by atoms with van der Waals surface area (Å²) in [7, 11) is 0. The first kappa shape index (κ1) is 16.2. The zero-order chi connectivity index (χ0) is 15.8. The van der Waals surface area contributed by atoms with E-state index in [4.69, 9.17) is 26.8 Å². The average molecular weight is 320 g/mol. The molecule has 2 N–H and O–H groups in total. The zero-order valence-corrected chi connectivity index (χ0v) is 12.9. The molecule has 2 aromatic rings. The molecule has 0 spiro atoms. The van der Waals surface area contributed by atoms with E-state index < -0.39 is 5.91 Å². The van der Waals surface area contributed by atoms with Crippen LogP contribution in [0.1, 0.15) is 23.2 Å². The molecule has 0 aromatic heterocycles. The smallest absolute Gasteiger partial charge is 0.248 e. The Hall–Kier alpha value is -2.20. The molecule has 1 amide bonds. The molecule has 2 aromatic carbocycles. The number of nitrogens with two attached hydrogens (primary N) is 1. The van der Waals surface area contributed by atoms with Gasteiger partial charge in [-0.2, -0.15) is 0 Å². The van der Waals surface area contributed by atoms with Gasteiger partial charge in [-0.1, -0.05) is 23.7 Å². The normalized spacial score (nSPS) is 10.2. The first-order chi connectivity index (χ1) is 10.7. The summed E-state index contributed by atoms with van der Waals surface area (Å²) in [6.07, 6.45) is 1.73. The van der Waals surface area contributed by atoms with Crippen LogP contribution in [0.25, 0.3) is 0 Å². The summed E-state index contributed by atoms with van der Waals surface area (Å²) in [5.74, 6) is 0.979. The molecule has 0 aliphatic rings. The Bertz CT molecular complexity index is 614. The van der Waals surface area contributed by atoms with Crippen LogP contribution in [0.3, 0.4) is 0 Å². The van der Waals surface area contributed by atoms with Gasteiger partial charge in [-0.15, -0.1) is 0 Å². The number of primary amides is 1. The molecule has 0 aliphatic heterocycles. The highest BCUT2D eigenvalue weighted by Crippen LogP contribution is 2.23. The Morgan fingerprint density at radius 2 is 1.59 bits per heavy atom. The topological polar surface area (TPSA) is 61.6 Å². The van der Waals surface area contributed by atoms with E-state index in [-0.39, 0.29) is 0 Å². The van der Waals surface area contributed by atoms with Crippen molar-refractivity contribution in [1.82, 2.24) is 0 Å². The van der Waals surface area contributed by atoms with Crippen LogP contribution in [0.15, 0.2) is 48.5 Å². The molecule has 0 aliphatic carbocycles. The van der Waals surface area contributed by atoms with Gasteiger partial charge in [-0.05, 0) is 49.2 Å². The summed E-state index contributed by atoms with van der Waals surface area (Å²) in [6.45, 7) is 1.18. The van der Waals surface area contributed by atoms with Gasteiger partial charge in [0.15, 0.2) is 0 Å². The van der Waals surface area contributed by atoms with Crippen LogP contribution in [0.5, 0.6) is 11.5 Å². The summed E-state index contributed by atoms with van der Waals surface area (Å²) >= 11 is 6.00. The van der Waals surface area contributed by atoms with E-state index in [0.29, 0.717) is 29.5 Å². The SMILES string of the molecule is NC(=O)c1ccc(OCCCCOc2ccccc2Cl)cc1. The number of benzene rings is 2. The van der Waals surface area contributed by atoms with E-state index in [0.717, 1.165) is 18.6 Å². The number of para-hydroxylation sites is 1. The second kappa shape index (κ2) is 8.29. The van der Waals surface area contributed by atoms with Crippen LogP contribution in [0.4, 0.5) is 0 Å². The highest BCUT2D eigenvalue weighted by atomic mass is 35.5. The minimum Gasteiger partial charge on any atom is -0.494 e. The van der Waals surface area contributed by atoms with Crippen LogP contribution < -0.4 is 15.2 Å². The van der Waals surface area contributed by atoms with E-state index in [1.807, 2.05) is 18.2 Å². The molecular weight excluding hydrogens is 302 g/mol. The van der Waals surface area contributed by atoms with Crippen molar-refractivity contribution in [2.24, 2.45) is 5.73 Å². The van der Waals surface area contributed by atoms with Crippen molar-refractivity contribution in [1.29, 1.82) is 0 Å². The summed E-state index contributed by atoms with van der Waals surface area (Å²) in [5.41, 5.74) is 5.65. The van der Waals surface area contributed by atoms with Crippen LogP contribution in [-0.2, 0) is 0 Å². The molecule has 0 unspecified atom stereocenters. The monoisotopic (exact) mass is 319 g/mol. The van der Waals surface area contributed by atoms with Crippen LogP contribution in [0.2, 0.25) is 5.02 Å².